The van der Waals surface area contributed by atoms with Crippen molar-refractivity contribution in [2.75, 3.05) is 5.73 Å². The second kappa shape index (κ2) is 4.56. The van der Waals surface area contributed by atoms with Gasteiger partial charge in [0.15, 0.2) is 0 Å². The quantitative estimate of drug-likeness (QED) is 0.858. The van der Waals surface area contributed by atoms with E-state index in [0.717, 1.165) is 10.6 Å². The second-order valence-electron chi connectivity index (χ2n) is 4.04. The van der Waals surface area contributed by atoms with Gasteiger partial charge in [-0.25, -0.2) is 9.18 Å². The Hall–Kier alpha value is -2.63. The maximum atomic E-state index is 13.2. The summed E-state index contributed by atoms with van der Waals surface area (Å²) in [4.78, 5) is 23.1. The summed E-state index contributed by atoms with van der Waals surface area (Å²) in [5.41, 5.74) is 4.88. The number of carbonyl (C=O) groups is 1. The number of aromatic nitrogens is 1. The molecule has 1 aromatic heterocycles. The van der Waals surface area contributed by atoms with Crippen LogP contribution in [0.15, 0.2) is 35.1 Å². The highest BCUT2D eigenvalue weighted by Crippen LogP contribution is 2.24. The van der Waals surface area contributed by atoms with E-state index in [0.29, 0.717) is 5.56 Å². The molecule has 0 fully saturated rings. The van der Waals surface area contributed by atoms with Crippen molar-refractivity contribution in [2.24, 2.45) is 7.05 Å². The maximum Gasteiger partial charge on any atom is 0.341 e. The lowest BCUT2D eigenvalue weighted by atomic mass is 10.0. The third kappa shape index (κ3) is 2.20. The van der Waals surface area contributed by atoms with Crippen LogP contribution in [0.2, 0.25) is 0 Å². The van der Waals surface area contributed by atoms with Crippen molar-refractivity contribution in [1.82, 2.24) is 4.57 Å². The molecular weight excluding hydrogens is 251 g/mol. The van der Waals surface area contributed by atoms with Crippen LogP contribution < -0.4 is 11.3 Å². The first kappa shape index (κ1) is 12.8. The average Bonchev–Trinajstić information content (AvgIpc) is 2.35. The van der Waals surface area contributed by atoms with Gasteiger partial charge in [0.1, 0.15) is 17.2 Å². The summed E-state index contributed by atoms with van der Waals surface area (Å²) in [7, 11) is 1.37. The molecule has 5 nitrogen and oxygen atoms in total. The van der Waals surface area contributed by atoms with E-state index in [2.05, 4.69) is 0 Å². The highest BCUT2D eigenvalue weighted by atomic mass is 19.1. The average molecular weight is 262 g/mol. The van der Waals surface area contributed by atoms with E-state index >= 15 is 0 Å². The van der Waals surface area contributed by atoms with Gasteiger partial charge < -0.3 is 10.8 Å². The van der Waals surface area contributed by atoms with Gasteiger partial charge in [0.2, 0.25) is 0 Å². The SMILES string of the molecule is Cn1c(N)cc(-c2cccc(F)c2)c(C(=O)O)c1=O. The Morgan fingerprint density at radius 3 is 2.63 bits per heavy atom. The summed E-state index contributed by atoms with van der Waals surface area (Å²) < 4.78 is 14.2. The van der Waals surface area contributed by atoms with Crippen molar-refractivity contribution in [3.8, 4) is 11.1 Å². The molecule has 1 heterocycles. The molecule has 2 aromatic rings. The standard InChI is InChI=1S/C13H11FN2O3/c1-16-10(15)6-9(11(12(16)17)13(18)19)7-3-2-4-8(14)5-7/h2-6H,15H2,1H3,(H,18,19). The van der Waals surface area contributed by atoms with Gasteiger partial charge in [-0.05, 0) is 23.8 Å². The van der Waals surface area contributed by atoms with Crippen molar-refractivity contribution in [1.29, 1.82) is 0 Å². The topological polar surface area (TPSA) is 85.3 Å². The van der Waals surface area contributed by atoms with Gasteiger partial charge in [-0.1, -0.05) is 12.1 Å². The molecule has 0 saturated heterocycles. The van der Waals surface area contributed by atoms with Gasteiger partial charge in [0.25, 0.3) is 5.56 Å². The molecule has 2 rings (SSSR count). The number of aromatic carboxylic acids is 1. The van der Waals surface area contributed by atoms with Gasteiger partial charge in [-0.2, -0.15) is 0 Å². The highest BCUT2D eigenvalue weighted by Gasteiger charge is 2.19. The molecule has 0 aliphatic rings. The van der Waals surface area contributed by atoms with E-state index in [9.17, 15) is 14.0 Å². The Balaban J connectivity index is 2.83. The Morgan fingerprint density at radius 2 is 2.05 bits per heavy atom. The van der Waals surface area contributed by atoms with Crippen LogP contribution in [-0.4, -0.2) is 15.6 Å². The Kier molecular flexibility index (Phi) is 3.08. The van der Waals surface area contributed by atoms with Crippen LogP contribution in [-0.2, 0) is 7.05 Å². The van der Waals surface area contributed by atoms with Crippen LogP contribution >= 0.6 is 0 Å². The molecule has 0 radical (unpaired) electrons. The second-order valence-corrected chi connectivity index (χ2v) is 4.04. The number of carboxylic acid groups (broad SMARTS) is 1. The molecule has 1 aromatic carbocycles. The third-order valence-corrected chi connectivity index (χ3v) is 2.82. The smallest absolute Gasteiger partial charge is 0.341 e. The zero-order valence-electron chi connectivity index (χ0n) is 10.1. The summed E-state index contributed by atoms with van der Waals surface area (Å²) >= 11 is 0. The van der Waals surface area contributed by atoms with Crippen molar-refractivity contribution >= 4 is 11.8 Å². The van der Waals surface area contributed by atoms with Gasteiger partial charge >= 0.3 is 5.97 Å². The number of hydrogen-bond donors (Lipinski definition) is 2. The number of halogens is 1. The number of pyridine rings is 1. The van der Waals surface area contributed by atoms with Crippen molar-refractivity contribution in [2.45, 2.75) is 0 Å². The molecule has 0 bridgehead atoms. The number of anilines is 1. The number of nitrogens with zero attached hydrogens (tertiary/aromatic N) is 1. The van der Waals surface area contributed by atoms with Crippen LogP contribution in [0.5, 0.6) is 0 Å². The predicted molar refractivity (Wildman–Crippen MR) is 68.4 cm³/mol. The molecule has 0 atom stereocenters. The van der Waals surface area contributed by atoms with Gasteiger partial charge in [-0.3, -0.25) is 9.36 Å². The van der Waals surface area contributed by atoms with Crippen molar-refractivity contribution < 1.29 is 14.3 Å². The maximum absolute atomic E-state index is 13.2. The molecule has 0 aliphatic carbocycles. The lowest BCUT2D eigenvalue weighted by Gasteiger charge is -2.10. The Morgan fingerprint density at radius 1 is 1.37 bits per heavy atom. The van der Waals surface area contributed by atoms with E-state index in [1.54, 1.807) is 0 Å². The van der Waals surface area contributed by atoms with E-state index in [1.165, 1.54) is 31.3 Å². The molecule has 0 aliphatic heterocycles. The van der Waals surface area contributed by atoms with Crippen molar-refractivity contribution in [3.05, 3.63) is 52.1 Å². The van der Waals surface area contributed by atoms with Gasteiger partial charge in [0.05, 0.1) is 0 Å². The molecule has 19 heavy (non-hydrogen) atoms. The minimum Gasteiger partial charge on any atom is -0.477 e. The van der Waals surface area contributed by atoms with Crippen LogP contribution in [0, 0.1) is 5.82 Å². The minimum atomic E-state index is -1.38. The molecule has 98 valence electrons. The highest BCUT2D eigenvalue weighted by molar-refractivity contribution is 5.96. The van der Waals surface area contributed by atoms with Crippen LogP contribution in [0.3, 0.4) is 0 Å². The zero-order valence-corrected chi connectivity index (χ0v) is 10.1. The Bertz CT molecular complexity index is 722. The molecule has 0 unspecified atom stereocenters. The number of nitrogens with two attached hydrogens (primary N) is 1. The first-order valence-corrected chi connectivity index (χ1v) is 5.40. The number of rotatable bonds is 2. The number of hydrogen-bond acceptors (Lipinski definition) is 3. The number of nitrogen functional groups attached to an aromatic ring is 1. The summed E-state index contributed by atoms with van der Waals surface area (Å²) in [5.74, 6) is -1.79. The molecule has 6 heteroatoms. The van der Waals surface area contributed by atoms with E-state index < -0.39 is 22.9 Å². The number of benzene rings is 1. The molecule has 0 spiro atoms. The minimum absolute atomic E-state index is 0.104. The third-order valence-electron chi connectivity index (χ3n) is 2.82. The lowest BCUT2D eigenvalue weighted by Crippen LogP contribution is -2.27. The first-order chi connectivity index (χ1) is 8.91. The molecular formula is C13H11FN2O3. The first-order valence-electron chi connectivity index (χ1n) is 5.40. The fraction of sp³-hybridized carbons (Fsp3) is 0.0769. The van der Waals surface area contributed by atoms with Crippen LogP contribution in [0.1, 0.15) is 10.4 Å². The van der Waals surface area contributed by atoms with Gasteiger partial charge in [-0.15, -0.1) is 0 Å². The Labute approximate surface area is 107 Å². The molecule has 0 amide bonds. The fourth-order valence-electron chi connectivity index (χ4n) is 1.81. The van der Waals surface area contributed by atoms with E-state index in [1.807, 2.05) is 0 Å². The lowest BCUT2D eigenvalue weighted by molar-refractivity contribution is 0.0695. The van der Waals surface area contributed by atoms with Gasteiger partial charge in [0, 0.05) is 12.6 Å². The number of carboxylic acids is 1. The van der Waals surface area contributed by atoms with Crippen LogP contribution in [0.25, 0.3) is 11.1 Å². The summed E-state index contributed by atoms with van der Waals surface area (Å²) in [5, 5.41) is 9.14. The predicted octanol–water partition coefficient (Wildman–Crippen LogP) is 1.47. The summed E-state index contributed by atoms with van der Waals surface area (Å²) in [6, 6.07) is 6.68. The van der Waals surface area contributed by atoms with Crippen molar-refractivity contribution in [3.63, 3.8) is 0 Å². The summed E-state index contributed by atoms with van der Waals surface area (Å²) in [6.07, 6.45) is 0. The zero-order chi connectivity index (χ0) is 14.2. The molecule has 3 N–H and O–H groups in total. The largest absolute Gasteiger partial charge is 0.477 e. The normalized spacial score (nSPS) is 10.4. The molecule has 0 saturated carbocycles. The van der Waals surface area contributed by atoms with E-state index in [4.69, 9.17) is 10.8 Å². The monoisotopic (exact) mass is 262 g/mol. The van der Waals surface area contributed by atoms with E-state index in [-0.39, 0.29) is 11.4 Å². The van der Waals surface area contributed by atoms with Crippen LogP contribution in [0.4, 0.5) is 10.2 Å². The fourth-order valence-corrected chi connectivity index (χ4v) is 1.81. The summed E-state index contributed by atoms with van der Waals surface area (Å²) in [6.45, 7) is 0.